The van der Waals surface area contributed by atoms with Crippen molar-refractivity contribution in [3.63, 3.8) is 0 Å². The molecule has 0 heterocycles. The first-order valence-electron chi connectivity index (χ1n) is 11.6. The van der Waals surface area contributed by atoms with Crippen LogP contribution >= 0.6 is 0 Å². The first-order chi connectivity index (χ1) is 13.7. The Bertz CT molecular complexity index is 801. The van der Waals surface area contributed by atoms with Gasteiger partial charge in [0.2, 0.25) is 0 Å². The van der Waals surface area contributed by atoms with Crippen molar-refractivity contribution in [2.45, 2.75) is 96.9 Å². The summed E-state index contributed by atoms with van der Waals surface area (Å²) in [5.41, 5.74) is 7.46. The van der Waals surface area contributed by atoms with Crippen molar-refractivity contribution in [1.29, 1.82) is 0 Å². The number of benzene rings is 2. The van der Waals surface area contributed by atoms with E-state index in [2.05, 4.69) is 83.3 Å². The molecule has 0 amide bonds. The van der Waals surface area contributed by atoms with Crippen LogP contribution in [-0.2, 0) is 23.7 Å². The molecule has 2 aromatic carbocycles. The van der Waals surface area contributed by atoms with Crippen molar-refractivity contribution in [1.82, 2.24) is 0 Å². The highest BCUT2D eigenvalue weighted by molar-refractivity contribution is 6.74. The number of aryl methyl sites for hydroxylation is 1. The maximum absolute atomic E-state index is 6.87. The molecular formula is C27H40OSi. The first-order valence-corrected chi connectivity index (χ1v) is 14.5. The molecule has 0 fully saturated rings. The summed E-state index contributed by atoms with van der Waals surface area (Å²) in [7, 11) is -1.76. The topological polar surface area (TPSA) is 9.23 Å². The fourth-order valence-corrected chi connectivity index (χ4v) is 5.65. The maximum Gasteiger partial charge on any atom is 0.192 e. The van der Waals surface area contributed by atoms with Gasteiger partial charge in [-0.15, -0.1) is 0 Å². The second-order valence-electron chi connectivity index (χ2n) is 10.3. The third-order valence-electron chi connectivity index (χ3n) is 7.04. The SMILES string of the molecule is CCCCCCc1ccc(-c2ccccc2)c2c1C[C@H](O[Si](C)(C)C(C)(C)C)C2. The van der Waals surface area contributed by atoms with E-state index in [-0.39, 0.29) is 5.04 Å². The lowest BCUT2D eigenvalue weighted by atomic mass is 9.91. The lowest BCUT2D eigenvalue weighted by Crippen LogP contribution is -2.44. The van der Waals surface area contributed by atoms with Gasteiger partial charge in [-0.2, -0.15) is 0 Å². The van der Waals surface area contributed by atoms with Gasteiger partial charge in [-0.05, 0) is 71.6 Å². The fraction of sp³-hybridized carbons (Fsp3) is 0.556. The molecule has 0 N–H and O–H groups in total. The largest absolute Gasteiger partial charge is 0.413 e. The average molecular weight is 409 g/mol. The van der Waals surface area contributed by atoms with Gasteiger partial charge in [-0.3, -0.25) is 0 Å². The molecule has 1 nitrogen and oxygen atoms in total. The van der Waals surface area contributed by atoms with E-state index in [1.807, 2.05) is 0 Å². The van der Waals surface area contributed by atoms with E-state index in [0.29, 0.717) is 6.10 Å². The molecule has 0 saturated carbocycles. The van der Waals surface area contributed by atoms with E-state index in [0.717, 1.165) is 12.8 Å². The summed E-state index contributed by atoms with van der Waals surface area (Å²) in [4.78, 5) is 0. The molecule has 2 aromatic rings. The van der Waals surface area contributed by atoms with Crippen molar-refractivity contribution in [2.75, 3.05) is 0 Å². The number of hydrogen-bond donors (Lipinski definition) is 0. The Kier molecular flexibility index (Phi) is 7.06. The highest BCUT2D eigenvalue weighted by atomic mass is 28.4. The van der Waals surface area contributed by atoms with Gasteiger partial charge in [0, 0.05) is 0 Å². The van der Waals surface area contributed by atoms with Crippen molar-refractivity contribution >= 4 is 8.32 Å². The fourth-order valence-electron chi connectivity index (χ4n) is 4.30. The number of unbranched alkanes of at least 4 members (excludes halogenated alkanes) is 3. The average Bonchev–Trinajstić information content (AvgIpc) is 3.08. The standard InChI is InChI=1S/C27H40OSi/c1-7-8-9-11-16-22-17-18-24(21-14-12-10-13-15-21)26-20-23(19-25(22)26)28-29(5,6)27(2,3)4/h10,12-15,17-18,23H,7-9,11,16,19-20H2,1-6H3/t23-/m0/s1. The van der Waals surface area contributed by atoms with E-state index >= 15 is 0 Å². The van der Waals surface area contributed by atoms with E-state index in [4.69, 9.17) is 4.43 Å². The molecule has 0 spiro atoms. The summed E-state index contributed by atoms with van der Waals surface area (Å²) in [6.07, 6.45) is 9.00. The Morgan fingerprint density at radius 2 is 1.59 bits per heavy atom. The summed E-state index contributed by atoms with van der Waals surface area (Å²) in [6, 6.07) is 15.7. The number of rotatable bonds is 8. The van der Waals surface area contributed by atoms with Gasteiger partial charge in [0.25, 0.3) is 0 Å². The molecule has 29 heavy (non-hydrogen) atoms. The minimum Gasteiger partial charge on any atom is -0.413 e. The first kappa shape index (κ1) is 22.3. The van der Waals surface area contributed by atoms with Gasteiger partial charge >= 0.3 is 0 Å². The molecule has 0 aromatic heterocycles. The predicted octanol–water partition coefficient (Wildman–Crippen LogP) is 7.97. The van der Waals surface area contributed by atoms with Crippen LogP contribution in [0, 0.1) is 0 Å². The van der Waals surface area contributed by atoms with Crippen LogP contribution in [0.5, 0.6) is 0 Å². The third kappa shape index (κ3) is 5.21. The van der Waals surface area contributed by atoms with E-state index in [1.165, 1.54) is 43.2 Å². The third-order valence-corrected chi connectivity index (χ3v) is 11.6. The molecule has 1 atom stereocenters. The summed E-state index contributed by atoms with van der Waals surface area (Å²) in [5, 5.41) is 0.257. The zero-order valence-electron chi connectivity index (χ0n) is 19.5. The Morgan fingerprint density at radius 1 is 0.897 bits per heavy atom. The van der Waals surface area contributed by atoms with Crippen molar-refractivity contribution in [2.24, 2.45) is 0 Å². The monoisotopic (exact) mass is 408 g/mol. The summed E-state index contributed by atoms with van der Waals surface area (Å²) >= 11 is 0. The quantitative estimate of drug-likeness (QED) is 0.318. The summed E-state index contributed by atoms with van der Waals surface area (Å²) in [6.45, 7) is 14.1. The van der Waals surface area contributed by atoms with Crippen LogP contribution in [0.25, 0.3) is 11.1 Å². The van der Waals surface area contributed by atoms with Gasteiger partial charge in [0.1, 0.15) is 0 Å². The smallest absolute Gasteiger partial charge is 0.192 e. The van der Waals surface area contributed by atoms with Crippen LogP contribution in [0.15, 0.2) is 42.5 Å². The van der Waals surface area contributed by atoms with Crippen LogP contribution in [0.3, 0.4) is 0 Å². The molecule has 1 aliphatic rings. The number of fused-ring (bicyclic) bond motifs is 1. The molecule has 3 rings (SSSR count). The lowest BCUT2D eigenvalue weighted by molar-refractivity contribution is 0.191. The zero-order chi connectivity index (χ0) is 21.1. The van der Waals surface area contributed by atoms with Crippen LogP contribution in [0.2, 0.25) is 18.1 Å². The molecule has 0 radical (unpaired) electrons. The maximum atomic E-state index is 6.87. The molecular weight excluding hydrogens is 368 g/mol. The molecule has 0 unspecified atom stereocenters. The van der Waals surface area contributed by atoms with Crippen molar-refractivity contribution < 1.29 is 4.43 Å². The predicted molar refractivity (Wildman–Crippen MR) is 129 cm³/mol. The van der Waals surface area contributed by atoms with E-state index < -0.39 is 8.32 Å². The number of hydrogen-bond acceptors (Lipinski definition) is 1. The second-order valence-corrected chi connectivity index (χ2v) is 15.1. The van der Waals surface area contributed by atoms with Crippen LogP contribution < -0.4 is 0 Å². The summed E-state index contributed by atoms with van der Waals surface area (Å²) < 4.78 is 6.87. The molecule has 0 aliphatic heterocycles. The van der Waals surface area contributed by atoms with Gasteiger partial charge in [-0.25, -0.2) is 0 Å². The van der Waals surface area contributed by atoms with Gasteiger partial charge < -0.3 is 4.43 Å². The van der Waals surface area contributed by atoms with Crippen LogP contribution in [0.4, 0.5) is 0 Å². The Balaban J connectivity index is 1.88. The van der Waals surface area contributed by atoms with Crippen molar-refractivity contribution in [3.05, 3.63) is 59.2 Å². The highest BCUT2D eigenvalue weighted by Gasteiger charge is 2.40. The minimum absolute atomic E-state index is 0.257. The molecule has 1 aliphatic carbocycles. The summed E-state index contributed by atoms with van der Waals surface area (Å²) in [5.74, 6) is 0. The molecule has 2 heteroatoms. The van der Waals surface area contributed by atoms with Crippen molar-refractivity contribution in [3.8, 4) is 11.1 Å². The van der Waals surface area contributed by atoms with Crippen LogP contribution in [-0.4, -0.2) is 14.4 Å². The Labute approximate surface area is 180 Å². The van der Waals surface area contributed by atoms with Gasteiger partial charge in [0.15, 0.2) is 8.32 Å². The Hall–Kier alpha value is -1.38. The lowest BCUT2D eigenvalue weighted by Gasteiger charge is -2.38. The highest BCUT2D eigenvalue weighted by Crippen LogP contribution is 2.41. The minimum atomic E-state index is -1.76. The molecule has 0 bridgehead atoms. The molecule has 0 saturated heterocycles. The van der Waals surface area contributed by atoms with E-state index in [1.54, 1.807) is 16.7 Å². The van der Waals surface area contributed by atoms with Gasteiger partial charge in [0.05, 0.1) is 6.10 Å². The normalized spacial score (nSPS) is 16.8. The van der Waals surface area contributed by atoms with Crippen LogP contribution in [0.1, 0.15) is 70.1 Å². The molecule has 158 valence electrons. The van der Waals surface area contributed by atoms with E-state index in [9.17, 15) is 0 Å². The van der Waals surface area contributed by atoms with Gasteiger partial charge in [-0.1, -0.05) is 89.4 Å². The Morgan fingerprint density at radius 3 is 2.24 bits per heavy atom. The second kappa shape index (κ2) is 9.18. The zero-order valence-corrected chi connectivity index (χ0v) is 20.5.